The van der Waals surface area contributed by atoms with Crippen LogP contribution in [0.5, 0.6) is 0 Å². The Labute approximate surface area is 102 Å². The van der Waals surface area contributed by atoms with Gasteiger partial charge in [-0.25, -0.2) is 4.39 Å². The first-order valence-corrected chi connectivity index (χ1v) is 6.42. The van der Waals surface area contributed by atoms with Crippen molar-refractivity contribution >= 4 is 0 Å². The third-order valence-corrected chi connectivity index (χ3v) is 3.46. The van der Waals surface area contributed by atoms with E-state index in [0.29, 0.717) is 12.6 Å². The Morgan fingerprint density at radius 2 is 1.82 bits per heavy atom. The van der Waals surface area contributed by atoms with Crippen molar-refractivity contribution in [3.63, 3.8) is 0 Å². The summed E-state index contributed by atoms with van der Waals surface area (Å²) in [5.74, 6) is -0.263. The molecule has 1 aromatic rings. The Morgan fingerprint density at radius 3 is 2.47 bits per heavy atom. The van der Waals surface area contributed by atoms with Gasteiger partial charge in [0.15, 0.2) is 0 Å². The summed E-state index contributed by atoms with van der Waals surface area (Å²) >= 11 is 0. The number of benzene rings is 1. The van der Waals surface area contributed by atoms with Gasteiger partial charge in [0.25, 0.3) is 0 Å². The molecule has 0 aromatic heterocycles. The van der Waals surface area contributed by atoms with Crippen LogP contribution in [0.1, 0.15) is 43.8 Å². The molecule has 0 aliphatic heterocycles. The molecular formula is C14H20FNO. The highest BCUT2D eigenvalue weighted by Crippen LogP contribution is 2.18. The van der Waals surface area contributed by atoms with E-state index in [1.807, 2.05) is 0 Å². The van der Waals surface area contributed by atoms with E-state index in [9.17, 15) is 9.50 Å². The molecule has 94 valence electrons. The summed E-state index contributed by atoms with van der Waals surface area (Å²) in [5, 5.41) is 13.3. The predicted octanol–water partition coefficient (Wildman–Crippen LogP) is 2.78. The van der Waals surface area contributed by atoms with Crippen LogP contribution in [0.2, 0.25) is 0 Å². The van der Waals surface area contributed by atoms with Crippen molar-refractivity contribution in [2.45, 2.75) is 44.2 Å². The summed E-state index contributed by atoms with van der Waals surface area (Å²) in [4.78, 5) is 0. The van der Waals surface area contributed by atoms with E-state index in [1.165, 1.54) is 44.2 Å². The van der Waals surface area contributed by atoms with Crippen LogP contribution < -0.4 is 5.32 Å². The van der Waals surface area contributed by atoms with E-state index in [4.69, 9.17) is 0 Å². The van der Waals surface area contributed by atoms with Gasteiger partial charge in [-0.2, -0.15) is 0 Å². The van der Waals surface area contributed by atoms with Crippen LogP contribution in [-0.4, -0.2) is 17.7 Å². The highest BCUT2D eigenvalue weighted by Gasteiger charge is 2.14. The number of hydrogen-bond donors (Lipinski definition) is 2. The van der Waals surface area contributed by atoms with E-state index in [1.54, 1.807) is 12.1 Å². The molecule has 0 radical (unpaired) electrons. The summed E-state index contributed by atoms with van der Waals surface area (Å²) < 4.78 is 12.7. The van der Waals surface area contributed by atoms with Crippen LogP contribution in [0.4, 0.5) is 4.39 Å². The third-order valence-electron chi connectivity index (χ3n) is 3.46. The van der Waals surface area contributed by atoms with Crippen molar-refractivity contribution in [1.82, 2.24) is 5.32 Å². The Bertz CT molecular complexity index is 333. The largest absolute Gasteiger partial charge is 0.387 e. The Hall–Kier alpha value is -0.930. The molecule has 0 spiro atoms. The molecule has 1 aliphatic carbocycles. The molecule has 0 amide bonds. The zero-order valence-corrected chi connectivity index (χ0v) is 10.0. The molecule has 1 aromatic carbocycles. The lowest BCUT2D eigenvalue weighted by Crippen LogP contribution is -2.34. The molecule has 3 heteroatoms. The highest BCUT2D eigenvalue weighted by atomic mass is 19.1. The Balaban J connectivity index is 1.80. The van der Waals surface area contributed by atoms with Gasteiger partial charge in [0.05, 0.1) is 6.10 Å². The van der Waals surface area contributed by atoms with Gasteiger partial charge in [-0.3, -0.25) is 0 Å². The van der Waals surface area contributed by atoms with Gasteiger partial charge in [-0.1, -0.05) is 31.4 Å². The van der Waals surface area contributed by atoms with Crippen molar-refractivity contribution in [3.8, 4) is 0 Å². The fraction of sp³-hybridized carbons (Fsp3) is 0.571. The fourth-order valence-electron chi connectivity index (χ4n) is 2.39. The Morgan fingerprint density at radius 1 is 1.18 bits per heavy atom. The van der Waals surface area contributed by atoms with E-state index >= 15 is 0 Å². The number of hydrogen-bond acceptors (Lipinski definition) is 2. The molecule has 1 atom stereocenters. The Kier molecular flexibility index (Phi) is 4.51. The quantitative estimate of drug-likeness (QED) is 0.844. The molecule has 1 unspecified atom stereocenters. The number of aliphatic hydroxyl groups is 1. The number of halogens is 1. The molecule has 1 saturated carbocycles. The zero-order valence-electron chi connectivity index (χ0n) is 10.0. The topological polar surface area (TPSA) is 32.3 Å². The molecule has 2 nitrogen and oxygen atoms in total. The van der Waals surface area contributed by atoms with Crippen LogP contribution >= 0.6 is 0 Å². The minimum Gasteiger partial charge on any atom is -0.387 e. The second kappa shape index (κ2) is 6.12. The van der Waals surface area contributed by atoms with Gasteiger partial charge in [0.2, 0.25) is 0 Å². The van der Waals surface area contributed by atoms with Crippen LogP contribution in [0.3, 0.4) is 0 Å². The summed E-state index contributed by atoms with van der Waals surface area (Å²) in [6.45, 7) is 0.552. The number of nitrogens with one attached hydrogen (secondary N) is 1. The predicted molar refractivity (Wildman–Crippen MR) is 66.2 cm³/mol. The van der Waals surface area contributed by atoms with Gasteiger partial charge < -0.3 is 10.4 Å². The summed E-state index contributed by atoms with van der Waals surface area (Å²) in [7, 11) is 0. The third kappa shape index (κ3) is 3.79. The van der Waals surface area contributed by atoms with Gasteiger partial charge in [0, 0.05) is 12.6 Å². The number of rotatable bonds is 4. The zero-order chi connectivity index (χ0) is 12.1. The first-order chi connectivity index (χ1) is 8.25. The van der Waals surface area contributed by atoms with Crippen molar-refractivity contribution in [1.29, 1.82) is 0 Å². The molecule has 0 heterocycles. The number of aliphatic hydroxyl groups excluding tert-OH is 1. The lowest BCUT2D eigenvalue weighted by atomic mass is 9.95. The maximum Gasteiger partial charge on any atom is 0.123 e. The molecule has 2 N–H and O–H groups in total. The second-order valence-electron chi connectivity index (χ2n) is 4.81. The van der Waals surface area contributed by atoms with Crippen molar-refractivity contribution < 1.29 is 9.50 Å². The molecule has 0 bridgehead atoms. The monoisotopic (exact) mass is 237 g/mol. The molecular weight excluding hydrogens is 217 g/mol. The highest BCUT2D eigenvalue weighted by molar-refractivity contribution is 5.18. The molecule has 1 fully saturated rings. The van der Waals surface area contributed by atoms with Gasteiger partial charge in [-0.05, 0) is 30.5 Å². The summed E-state index contributed by atoms with van der Waals surface area (Å²) in [6.07, 6.45) is 5.76. The molecule has 17 heavy (non-hydrogen) atoms. The average molecular weight is 237 g/mol. The minimum absolute atomic E-state index is 0.263. The van der Waals surface area contributed by atoms with Crippen LogP contribution in [0.25, 0.3) is 0 Å². The van der Waals surface area contributed by atoms with Gasteiger partial charge in [0.1, 0.15) is 5.82 Å². The maximum atomic E-state index is 12.7. The van der Waals surface area contributed by atoms with E-state index in [2.05, 4.69) is 5.32 Å². The van der Waals surface area contributed by atoms with Crippen molar-refractivity contribution in [2.24, 2.45) is 0 Å². The second-order valence-corrected chi connectivity index (χ2v) is 4.81. The van der Waals surface area contributed by atoms with Crippen LogP contribution in [0, 0.1) is 5.82 Å². The van der Waals surface area contributed by atoms with Crippen LogP contribution in [-0.2, 0) is 0 Å². The standard InChI is InChI=1S/C14H20FNO/c15-12-8-6-11(7-9-12)14(17)10-16-13-4-2-1-3-5-13/h6-9,13-14,16-17H,1-5,10H2. The first-order valence-electron chi connectivity index (χ1n) is 6.42. The van der Waals surface area contributed by atoms with Crippen molar-refractivity contribution in [3.05, 3.63) is 35.6 Å². The summed E-state index contributed by atoms with van der Waals surface area (Å²) in [5.41, 5.74) is 0.773. The van der Waals surface area contributed by atoms with Crippen LogP contribution in [0.15, 0.2) is 24.3 Å². The van der Waals surface area contributed by atoms with E-state index < -0.39 is 6.10 Å². The molecule has 2 rings (SSSR count). The van der Waals surface area contributed by atoms with Gasteiger partial charge >= 0.3 is 0 Å². The molecule has 1 aliphatic rings. The van der Waals surface area contributed by atoms with Gasteiger partial charge in [-0.15, -0.1) is 0 Å². The fourth-order valence-corrected chi connectivity index (χ4v) is 2.39. The summed E-state index contributed by atoms with van der Waals surface area (Å²) in [6, 6.07) is 6.60. The smallest absolute Gasteiger partial charge is 0.123 e. The van der Waals surface area contributed by atoms with Crippen molar-refractivity contribution in [2.75, 3.05) is 6.54 Å². The SMILES string of the molecule is OC(CNC1CCCCC1)c1ccc(F)cc1. The average Bonchev–Trinajstić information content (AvgIpc) is 2.38. The lowest BCUT2D eigenvalue weighted by Gasteiger charge is -2.24. The maximum absolute atomic E-state index is 12.7. The normalized spacial score (nSPS) is 19.2. The van der Waals surface area contributed by atoms with E-state index in [0.717, 1.165) is 5.56 Å². The minimum atomic E-state index is -0.544. The lowest BCUT2D eigenvalue weighted by molar-refractivity contribution is 0.165. The van der Waals surface area contributed by atoms with E-state index in [-0.39, 0.29) is 5.82 Å². The molecule has 0 saturated heterocycles. The first kappa shape index (κ1) is 12.5.